The Hall–Kier alpha value is -3.06. The predicted molar refractivity (Wildman–Crippen MR) is 144 cm³/mol. The lowest BCUT2D eigenvalue weighted by molar-refractivity contribution is 0.0363. The standard InChI is InChI=1S/C29H33BrN2O4/c1-28(2,3)36-27(33)32-21-16-25(17-21)35-23-12-8-20(9-13-23)29(4,5)19-6-10-22(11-7-19)34-24-14-15-31-26(30)18-24/h6-15,18,21,25H,16-17H2,1-5H3,(H,32,33). The minimum absolute atomic E-state index is 0.0927. The van der Waals surface area contributed by atoms with E-state index in [9.17, 15) is 4.79 Å². The Morgan fingerprint density at radius 3 is 2.03 bits per heavy atom. The van der Waals surface area contributed by atoms with Crippen LogP contribution in [0.5, 0.6) is 17.2 Å². The summed E-state index contributed by atoms with van der Waals surface area (Å²) in [6.07, 6.45) is 2.98. The number of hydrogen-bond acceptors (Lipinski definition) is 5. The first kappa shape index (κ1) is 26.0. The normalized spacial score (nSPS) is 17.6. The number of ether oxygens (including phenoxy) is 3. The molecule has 3 aromatic rings. The highest BCUT2D eigenvalue weighted by molar-refractivity contribution is 9.10. The van der Waals surface area contributed by atoms with Crippen LogP contribution in [0.3, 0.4) is 0 Å². The second-order valence-corrected chi connectivity index (χ2v) is 11.5. The molecule has 6 nitrogen and oxygen atoms in total. The molecule has 0 spiro atoms. The van der Waals surface area contributed by atoms with Crippen LogP contribution in [0.1, 0.15) is 58.6 Å². The van der Waals surface area contributed by atoms with Crippen molar-refractivity contribution in [2.75, 3.05) is 0 Å². The number of alkyl carbamates (subject to hydrolysis) is 1. The van der Waals surface area contributed by atoms with Gasteiger partial charge in [0.05, 0.1) is 0 Å². The van der Waals surface area contributed by atoms with Gasteiger partial charge in [-0.25, -0.2) is 9.78 Å². The summed E-state index contributed by atoms with van der Waals surface area (Å²) in [5, 5.41) is 2.90. The summed E-state index contributed by atoms with van der Waals surface area (Å²) in [7, 11) is 0. The molecule has 190 valence electrons. The van der Waals surface area contributed by atoms with Gasteiger partial charge in [-0.05, 0) is 78.2 Å². The first-order valence-electron chi connectivity index (χ1n) is 12.1. The van der Waals surface area contributed by atoms with E-state index < -0.39 is 5.60 Å². The van der Waals surface area contributed by atoms with Crippen LogP contribution in [0.4, 0.5) is 4.79 Å². The third kappa shape index (κ3) is 6.78. The van der Waals surface area contributed by atoms with E-state index in [4.69, 9.17) is 14.2 Å². The van der Waals surface area contributed by atoms with E-state index in [1.807, 2.05) is 57.2 Å². The number of nitrogens with one attached hydrogen (secondary N) is 1. The minimum Gasteiger partial charge on any atom is -0.490 e. The fourth-order valence-corrected chi connectivity index (χ4v) is 4.43. The molecule has 1 saturated carbocycles. The Bertz CT molecular complexity index is 1180. The summed E-state index contributed by atoms with van der Waals surface area (Å²) in [6, 6.07) is 20.2. The van der Waals surface area contributed by atoms with Crippen LogP contribution in [-0.2, 0) is 10.2 Å². The quantitative estimate of drug-likeness (QED) is 0.309. The van der Waals surface area contributed by atoms with Gasteiger partial charge in [-0.15, -0.1) is 0 Å². The van der Waals surface area contributed by atoms with Gasteiger partial charge in [0.15, 0.2) is 0 Å². The molecular formula is C29H33BrN2O4. The summed E-state index contributed by atoms with van der Waals surface area (Å²) in [5.74, 6) is 2.34. The number of pyridine rings is 1. The highest BCUT2D eigenvalue weighted by Crippen LogP contribution is 2.35. The van der Waals surface area contributed by atoms with Gasteiger partial charge in [-0.3, -0.25) is 0 Å². The Morgan fingerprint density at radius 2 is 1.47 bits per heavy atom. The molecule has 2 aromatic carbocycles. The zero-order valence-electron chi connectivity index (χ0n) is 21.4. The van der Waals surface area contributed by atoms with Gasteiger partial charge in [-0.2, -0.15) is 0 Å². The van der Waals surface area contributed by atoms with Gasteiger partial charge < -0.3 is 19.5 Å². The Kier molecular flexibility index (Phi) is 7.59. The van der Waals surface area contributed by atoms with Crippen molar-refractivity contribution in [1.29, 1.82) is 0 Å². The number of benzene rings is 2. The maximum Gasteiger partial charge on any atom is 0.407 e. The largest absolute Gasteiger partial charge is 0.490 e. The van der Waals surface area contributed by atoms with Gasteiger partial charge in [0.1, 0.15) is 33.6 Å². The molecular weight excluding hydrogens is 520 g/mol. The molecule has 0 radical (unpaired) electrons. The van der Waals surface area contributed by atoms with Crippen molar-refractivity contribution in [3.63, 3.8) is 0 Å². The van der Waals surface area contributed by atoms with Crippen LogP contribution in [0.15, 0.2) is 71.5 Å². The maximum absolute atomic E-state index is 11.9. The molecule has 1 aromatic heterocycles. The third-order valence-corrected chi connectivity index (χ3v) is 6.64. The number of nitrogens with zero attached hydrogens (tertiary/aromatic N) is 1. The number of carbonyl (C=O) groups is 1. The van der Waals surface area contributed by atoms with Crippen molar-refractivity contribution >= 4 is 22.0 Å². The first-order valence-corrected chi connectivity index (χ1v) is 12.9. The van der Waals surface area contributed by atoms with Crippen LogP contribution in [0, 0.1) is 0 Å². The molecule has 4 rings (SSSR count). The van der Waals surface area contributed by atoms with E-state index in [0.717, 1.165) is 34.7 Å². The number of aromatic nitrogens is 1. The Labute approximate surface area is 221 Å². The van der Waals surface area contributed by atoms with Gasteiger partial charge in [0.2, 0.25) is 0 Å². The van der Waals surface area contributed by atoms with Gasteiger partial charge in [-0.1, -0.05) is 38.1 Å². The monoisotopic (exact) mass is 552 g/mol. The summed E-state index contributed by atoms with van der Waals surface area (Å²) in [6.45, 7) is 9.99. The highest BCUT2D eigenvalue weighted by Gasteiger charge is 2.33. The number of hydrogen-bond donors (Lipinski definition) is 1. The number of carbonyl (C=O) groups excluding carboxylic acids is 1. The molecule has 0 bridgehead atoms. The van der Waals surface area contributed by atoms with E-state index in [1.54, 1.807) is 6.20 Å². The zero-order chi connectivity index (χ0) is 25.9. The summed E-state index contributed by atoms with van der Waals surface area (Å²) >= 11 is 3.36. The van der Waals surface area contributed by atoms with Crippen LogP contribution in [-0.4, -0.2) is 28.8 Å². The molecule has 1 amide bonds. The highest BCUT2D eigenvalue weighted by atomic mass is 79.9. The number of amides is 1. The molecule has 36 heavy (non-hydrogen) atoms. The third-order valence-electron chi connectivity index (χ3n) is 6.20. The minimum atomic E-state index is -0.493. The first-order chi connectivity index (χ1) is 17.0. The molecule has 0 unspecified atom stereocenters. The molecule has 7 heteroatoms. The van der Waals surface area contributed by atoms with Crippen molar-refractivity contribution in [1.82, 2.24) is 10.3 Å². The van der Waals surface area contributed by atoms with Crippen molar-refractivity contribution in [2.24, 2.45) is 0 Å². The lowest BCUT2D eigenvalue weighted by atomic mass is 9.78. The number of rotatable bonds is 7. The van der Waals surface area contributed by atoms with Crippen LogP contribution < -0.4 is 14.8 Å². The van der Waals surface area contributed by atoms with E-state index in [0.29, 0.717) is 0 Å². The maximum atomic E-state index is 11.9. The molecule has 1 heterocycles. The van der Waals surface area contributed by atoms with E-state index in [2.05, 4.69) is 64.3 Å². The SMILES string of the molecule is CC(C)(C)OC(=O)NC1CC(Oc2ccc(C(C)(C)c3ccc(Oc4ccnc(Br)c4)cc3)cc2)C1. The van der Waals surface area contributed by atoms with Gasteiger partial charge in [0, 0.05) is 36.6 Å². The molecule has 1 aliphatic rings. The molecule has 1 fully saturated rings. The second-order valence-electron chi connectivity index (χ2n) is 10.6. The zero-order valence-corrected chi connectivity index (χ0v) is 23.0. The summed E-state index contributed by atoms with van der Waals surface area (Å²) in [4.78, 5) is 16.0. The molecule has 1 aliphatic carbocycles. The molecule has 1 N–H and O–H groups in total. The Morgan fingerprint density at radius 1 is 0.889 bits per heavy atom. The van der Waals surface area contributed by atoms with Crippen molar-refractivity contribution in [2.45, 2.75) is 70.6 Å². The van der Waals surface area contributed by atoms with Crippen LogP contribution in [0.2, 0.25) is 0 Å². The lowest BCUT2D eigenvalue weighted by Gasteiger charge is -2.36. The van der Waals surface area contributed by atoms with E-state index in [-0.39, 0.29) is 23.7 Å². The van der Waals surface area contributed by atoms with Gasteiger partial charge in [0.25, 0.3) is 0 Å². The summed E-state index contributed by atoms with van der Waals surface area (Å²) in [5.41, 5.74) is 1.71. The predicted octanol–water partition coefficient (Wildman–Crippen LogP) is 7.40. The number of halogens is 1. The van der Waals surface area contributed by atoms with Crippen molar-refractivity contribution in [3.05, 3.63) is 82.6 Å². The Balaban J connectivity index is 1.30. The second kappa shape index (κ2) is 10.5. The summed E-state index contributed by atoms with van der Waals surface area (Å²) < 4.78 is 18.1. The topological polar surface area (TPSA) is 69.7 Å². The average molecular weight is 553 g/mol. The van der Waals surface area contributed by atoms with Crippen molar-refractivity contribution < 1.29 is 19.0 Å². The van der Waals surface area contributed by atoms with Crippen molar-refractivity contribution in [3.8, 4) is 17.2 Å². The van der Waals surface area contributed by atoms with E-state index in [1.165, 1.54) is 11.1 Å². The van der Waals surface area contributed by atoms with Crippen LogP contribution in [0.25, 0.3) is 0 Å². The van der Waals surface area contributed by atoms with Crippen LogP contribution >= 0.6 is 15.9 Å². The lowest BCUT2D eigenvalue weighted by Crippen LogP contribution is -2.50. The van der Waals surface area contributed by atoms with E-state index >= 15 is 0 Å². The fourth-order valence-electron chi connectivity index (χ4n) is 4.09. The van der Waals surface area contributed by atoms with Gasteiger partial charge >= 0.3 is 6.09 Å². The smallest absolute Gasteiger partial charge is 0.407 e. The fraction of sp³-hybridized carbons (Fsp3) is 0.379. The molecule has 0 aliphatic heterocycles. The molecule has 0 atom stereocenters. The average Bonchev–Trinajstić information content (AvgIpc) is 2.77. The molecule has 0 saturated heterocycles.